The minimum Gasteiger partial charge on any atom is -0.404 e. The summed E-state index contributed by atoms with van der Waals surface area (Å²) in [5.41, 5.74) is 0. The van der Waals surface area contributed by atoms with Crippen LogP contribution in [0.25, 0.3) is 0 Å². The van der Waals surface area contributed by atoms with Gasteiger partial charge in [-0.15, -0.1) is 0 Å². The molecule has 140 valence electrons. The van der Waals surface area contributed by atoms with Gasteiger partial charge in [0.25, 0.3) is 8.32 Å². The van der Waals surface area contributed by atoms with Gasteiger partial charge >= 0.3 is 0 Å². The van der Waals surface area contributed by atoms with Crippen molar-refractivity contribution in [1.82, 2.24) is 0 Å². The second-order valence-electron chi connectivity index (χ2n) is 8.84. The third kappa shape index (κ3) is 3.82. The van der Waals surface area contributed by atoms with Crippen molar-refractivity contribution in [1.29, 1.82) is 0 Å². The summed E-state index contributed by atoms with van der Waals surface area (Å²) in [5, 5.41) is 2.88. The van der Waals surface area contributed by atoms with Crippen LogP contribution >= 0.6 is 0 Å². The average molecular weight is 367 g/mol. The highest BCUT2D eigenvalue weighted by Crippen LogP contribution is 2.40. The predicted octanol–water partition coefficient (Wildman–Crippen LogP) is 5.53. The standard InChI is InChI=1S/C24H34OSi/c1-5-20-13-12-14-21(19-20)25-26(24(2,3)4,22-15-8-6-9-16-22)23-17-10-7-11-18-23/h6-11,15-18,20-21H,5,12-14,19H2,1-4H3. The van der Waals surface area contributed by atoms with Crippen LogP contribution in [0.4, 0.5) is 0 Å². The van der Waals surface area contributed by atoms with Gasteiger partial charge in [-0.3, -0.25) is 0 Å². The summed E-state index contributed by atoms with van der Waals surface area (Å²) in [5.74, 6) is 0.826. The molecule has 1 nitrogen and oxygen atoms in total. The Kier molecular flexibility index (Phi) is 6.04. The summed E-state index contributed by atoms with van der Waals surface area (Å²) in [7, 11) is -2.38. The van der Waals surface area contributed by atoms with E-state index in [-0.39, 0.29) is 5.04 Å². The molecule has 2 atom stereocenters. The van der Waals surface area contributed by atoms with Gasteiger partial charge in [-0.05, 0) is 34.2 Å². The predicted molar refractivity (Wildman–Crippen MR) is 115 cm³/mol. The first kappa shape index (κ1) is 19.4. The van der Waals surface area contributed by atoms with E-state index < -0.39 is 8.32 Å². The normalized spacial score (nSPS) is 21.5. The van der Waals surface area contributed by atoms with Crippen LogP contribution in [0.3, 0.4) is 0 Å². The Morgan fingerprint density at radius 3 is 1.88 bits per heavy atom. The molecule has 26 heavy (non-hydrogen) atoms. The van der Waals surface area contributed by atoms with Crippen molar-refractivity contribution >= 4 is 18.7 Å². The molecule has 3 rings (SSSR count). The fraction of sp³-hybridized carbons (Fsp3) is 0.500. The van der Waals surface area contributed by atoms with Crippen molar-refractivity contribution in [2.45, 2.75) is 70.9 Å². The minimum absolute atomic E-state index is 0.0782. The molecule has 2 aromatic rings. The van der Waals surface area contributed by atoms with Crippen molar-refractivity contribution in [2.24, 2.45) is 5.92 Å². The molecule has 1 aliphatic rings. The van der Waals surface area contributed by atoms with Crippen LogP contribution in [-0.4, -0.2) is 14.4 Å². The van der Waals surface area contributed by atoms with Crippen molar-refractivity contribution in [2.75, 3.05) is 0 Å². The van der Waals surface area contributed by atoms with Gasteiger partial charge in [0, 0.05) is 6.10 Å². The van der Waals surface area contributed by atoms with Crippen LogP contribution in [0.2, 0.25) is 5.04 Å². The topological polar surface area (TPSA) is 9.23 Å². The van der Waals surface area contributed by atoms with Crippen LogP contribution in [0, 0.1) is 5.92 Å². The molecule has 0 heterocycles. The Labute approximate surface area is 160 Å². The van der Waals surface area contributed by atoms with E-state index in [1.807, 2.05) is 0 Å². The van der Waals surface area contributed by atoms with Crippen molar-refractivity contribution in [3.63, 3.8) is 0 Å². The molecule has 0 aromatic heterocycles. The van der Waals surface area contributed by atoms with Crippen molar-refractivity contribution in [3.05, 3.63) is 60.7 Å². The van der Waals surface area contributed by atoms with Crippen LogP contribution in [0.1, 0.15) is 59.8 Å². The quantitative estimate of drug-likeness (QED) is 0.632. The lowest BCUT2D eigenvalue weighted by atomic mass is 9.86. The first-order valence-electron chi connectivity index (χ1n) is 10.3. The molecule has 2 aromatic carbocycles. The minimum atomic E-state index is -2.38. The zero-order valence-corrected chi connectivity index (χ0v) is 17.9. The van der Waals surface area contributed by atoms with E-state index in [1.165, 1.54) is 42.5 Å². The van der Waals surface area contributed by atoms with Gasteiger partial charge in [0.2, 0.25) is 0 Å². The lowest BCUT2D eigenvalue weighted by Crippen LogP contribution is -2.67. The smallest absolute Gasteiger partial charge is 0.261 e. The molecule has 0 amide bonds. The van der Waals surface area contributed by atoms with Gasteiger partial charge in [0.15, 0.2) is 0 Å². The summed E-state index contributed by atoms with van der Waals surface area (Å²) in [6.45, 7) is 9.45. The number of benzene rings is 2. The molecule has 2 unspecified atom stereocenters. The van der Waals surface area contributed by atoms with E-state index in [1.54, 1.807) is 0 Å². The summed E-state index contributed by atoms with van der Waals surface area (Å²) in [6, 6.07) is 22.1. The molecule has 0 bridgehead atoms. The van der Waals surface area contributed by atoms with E-state index in [0.29, 0.717) is 6.10 Å². The molecule has 2 heteroatoms. The van der Waals surface area contributed by atoms with Gasteiger partial charge in [0.1, 0.15) is 0 Å². The molecular formula is C24H34OSi. The fourth-order valence-corrected chi connectivity index (χ4v) is 9.39. The zero-order chi connectivity index (χ0) is 18.6. The number of rotatable bonds is 5. The summed E-state index contributed by atoms with van der Waals surface area (Å²) in [4.78, 5) is 0. The van der Waals surface area contributed by atoms with Gasteiger partial charge < -0.3 is 4.43 Å². The second kappa shape index (κ2) is 8.10. The molecule has 0 radical (unpaired) electrons. The highest BCUT2D eigenvalue weighted by molar-refractivity contribution is 6.99. The van der Waals surface area contributed by atoms with E-state index in [2.05, 4.69) is 88.4 Å². The van der Waals surface area contributed by atoms with Gasteiger partial charge in [-0.2, -0.15) is 0 Å². The van der Waals surface area contributed by atoms with Crippen molar-refractivity contribution < 1.29 is 4.43 Å². The SMILES string of the molecule is CCC1CCCC(O[Si](c2ccccc2)(c2ccccc2)C(C)(C)C)C1. The summed E-state index contributed by atoms with van der Waals surface area (Å²) >= 11 is 0. The lowest BCUT2D eigenvalue weighted by Gasteiger charge is -2.46. The summed E-state index contributed by atoms with van der Waals surface area (Å²) < 4.78 is 7.29. The molecular weight excluding hydrogens is 332 g/mol. The number of hydrogen-bond donors (Lipinski definition) is 0. The first-order valence-corrected chi connectivity index (χ1v) is 12.2. The van der Waals surface area contributed by atoms with E-state index in [0.717, 1.165) is 5.92 Å². The average Bonchev–Trinajstić information content (AvgIpc) is 2.66. The van der Waals surface area contributed by atoms with Crippen LogP contribution in [0.15, 0.2) is 60.7 Å². The maximum atomic E-state index is 7.29. The molecule has 1 fully saturated rings. The fourth-order valence-electron chi connectivity index (χ4n) is 4.66. The van der Waals surface area contributed by atoms with Crippen LogP contribution < -0.4 is 10.4 Å². The summed E-state index contributed by atoms with van der Waals surface area (Å²) in [6.07, 6.45) is 6.78. The Balaban J connectivity index is 2.08. The van der Waals surface area contributed by atoms with E-state index in [4.69, 9.17) is 4.43 Å². The Bertz CT molecular complexity index is 635. The highest BCUT2D eigenvalue weighted by Gasteiger charge is 2.51. The highest BCUT2D eigenvalue weighted by atomic mass is 28.4. The molecule has 0 saturated heterocycles. The molecule has 0 N–H and O–H groups in total. The second-order valence-corrected chi connectivity index (χ2v) is 13.1. The first-order chi connectivity index (χ1) is 12.5. The van der Waals surface area contributed by atoms with Gasteiger partial charge in [-0.25, -0.2) is 0 Å². The third-order valence-corrected chi connectivity index (χ3v) is 11.2. The van der Waals surface area contributed by atoms with Crippen LogP contribution in [-0.2, 0) is 4.43 Å². The van der Waals surface area contributed by atoms with E-state index in [9.17, 15) is 0 Å². The van der Waals surface area contributed by atoms with E-state index >= 15 is 0 Å². The Morgan fingerprint density at radius 1 is 0.885 bits per heavy atom. The third-order valence-electron chi connectivity index (χ3n) is 6.07. The monoisotopic (exact) mass is 366 g/mol. The maximum Gasteiger partial charge on any atom is 0.261 e. The maximum absolute atomic E-state index is 7.29. The Hall–Kier alpha value is -1.38. The Morgan fingerprint density at radius 2 is 1.42 bits per heavy atom. The number of hydrogen-bond acceptors (Lipinski definition) is 1. The van der Waals surface area contributed by atoms with Crippen LogP contribution in [0.5, 0.6) is 0 Å². The molecule has 1 aliphatic carbocycles. The zero-order valence-electron chi connectivity index (χ0n) is 16.9. The molecule has 0 spiro atoms. The molecule has 1 saturated carbocycles. The molecule has 0 aliphatic heterocycles. The largest absolute Gasteiger partial charge is 0.404 e. The van der Waals surface area contributed by atoms with Gasteiger partial charge in [-0.1, -0.05) is 108 Å². The van der Waals surface area contributed by atoms with Gasteiger partial charge in [0.05, 0.1) is 0 Å². The lowest BCUT2D eigenvalue weighted by molar-refractivity contribution is 0.112. The van der Waals surface area contributed by atoms with Crippen molar-refractivity contribution in [3.8, 4) is 0 Å².